The van der Waals surface area contributed by atoms with Gasteiger partial charge in [-0.25, -0.2) is 0 Å². The van der Waals surface area contributed by atoms with Crippen molar-refractivity contribution in [1.82, 2.24) is 9.47 Å². The third-order valence-electron chi connectivity index (χ3n) is 5.69. The van der Waals surface area contributed by atoms with Crippen molar-refractivity contribution in [3.05, 3.63) is 24.0 Å². The van der Waals surface area contributed by atoms with Gasteiger partial charge in [0.05, 0.1) is 6.10 Å². The van der Waals surface area contributed by atoms with Gasteiger partial charge >= 0.3 is 0 Å². The Hall–Kier alpha value is -1.29. The summed E-state index contributed by atoms with van der Waals surface area (Å²) in [6.07, 6.45) is 9.37. The first-order chi connectivity index (χ1) is 10.2. The van der Waals surface area contributed by atoms with Gasteiger partial charge < -0.3 is 14.6 Å². The van der Waals surface area contributed by atoms with Gasteiger partial charge in [0.1, 0.15) is 5.69 Å². The fourth-order valence-corrected chi connectivity index (χ4v) is 4.34. The predicted octanol–water partition coefficient (Wildman–Crippen LogP) is 2.59. The Bertz CT molecular complexity index is 549. The minimum atomic E-state index is -0.219. The number of carbonyl (C=O) groups is 1. The molecule has 114 valence electrons. The van der Waals surface area contributed by atoms with E-state index in [4.69, 9.17) is 0 Å². The number of nitrogens with zero attached hydrogens (tertiary/aromatic N) is 2. The van der Waals surface area contributed by atoms with E-state index < -0.39 is 0 Å². The number of piperidine rings is 1. The van der Waals surface area contributed by atoms with Gasteiger partial charge in [-0.15, -0.1) is 0 Å². The van der Waals surface area contributed by atoms with Gasteiger partial charge in [0.2, 0.25) is 0 Å². The largest absolute Gasteiger partial charge is 0.392 e. The Morgan fingerprint density at radius 1 is 1.24 bits per heavy atom. The van der Waals surface area contributed by atoms with Crippen LogP contribution in [0.3, 0.4) is 0 Å². The van der Waals surface area contributed by atoms with Crippen LogP contribution in [0, 0.1) is 5.41 Å². The quantitative estimate of drug-likeness (QED) is 0.909. The summed E-state index contributed by atoms with van der Waals surface area (Å²) in [4.78, 5) is 14.9. The first-order valence-electron chi connectivity index (χ1n) is 8.34. The van der Waals surface area contributed by atoms with Gasteiger partial charge in [-0.1, -0.05) is 6.42 Å². The summed E-state index contributed by atoms with van der Waals surface area (Å²) in [7, 11) is 0. The van der Waals surface area contributed by atoms with Gasteiger partial charge in [0, 0.05) is 30.7 Å². The molecule has 1 aliphatic heterocycles. The molecular weight excluding hydrogens is 264 g/mol. The summed E-state index contributed by atoms with van der Waals surface area (Å²) in [5.74, 6) is 0.157. The number of amides is 1. The molecule has 0 aromatic carbocycles. The van der Waals surface area contributed by atoms with Gasteiger partial charge in [0.25, 0.3) is 5.91 Å². The number of rotatable bonds is 2. The molecule has 1 spiro atoms. The second kappa shape index (κ2) is 4.87. The molecule has 2 atom stereocenters. The number of aliphatic hydroxyl groups excluding tert-OH is 1. The highest BCUT2D eigenvalue weighted by Crippen LogP contribution is 2.45. The summed E-state index contributed by atoms with van der Waals surface area (Å²) in [5, 5.41) is 10.3. The Balaban J connectivity index is 1.55. The Morgan fingerprint density at radius 3 is 2.76 bits per heavy atom. The summed E-state index contributed by atoms with van der Waals surface area (Å²) >= 11 is 0. The van der Waals surface area contributed by atoms with E-state index >= 15 is 0 Å². The number of aromatic nitrogens is 1. The van der Waals surface area contributed by atoms with Gasteiger partial charge in [-0.2, -0.15) is 0 Å². The van der Waals surface area contributed by atoms with E-state index in [1.54, 1.807) is 0 Å². The molecule has 1 aromatic rings. The van der Waals surface area contributed by atoms with Crippen LogP contribution in [0.2, 0.25) is 0 Å². The zero-order chi connectivity index (χ0) is 14.4. The lowest BCUT2D eigenvalue weighted by Crippen LogP contribution is -2.49. The molecular formula is C17H24N2O2. The summed E-state index contributed by atoms with van der Waals surface area (Å²) < 4.78 is 2.15. The van der Waals surface area contributed by atoms with Crippen LogP contribution in [-0.2, 0) is 0 Å². The van der Waals surface area contributed by atoms with Crippen molar-refractivity contribution in [2.45, 2.75) is 57.1 Å². The molecule has 2 saturated carbocycles. The monoisotopic (exact) mass is 288 g/mol. The van der Waals surface area contributed by atoms with Gasteiger partial charge in [-0.3, -0.25) is 4.79 Å². The molecule has 0 bridgehead atoms. The number of hydrogen-bond acceptors (Lipinski definition) is 2. The molecule has 2 heterocycles. The maximum atomic E-state index is 12.9. The Morgan fingerprint density at radius 2 is 2.05 bits per heavy atom. The number of carbonyl (C=O) groups excluding carboxylic acids is 1. The number of likely N-dealkylation sites (tertiary alicyclic amines) is 1. The van der Waals surface area contributed by atoms with Crippen LogP contribution >= 0.6 is 0 Å². The van der Waals surface area contributed by atoms with Crippen LogP contribution in [0.25, 0.3) is 0 Å². The van der Waals surface area contributed by atoms with Crippen LogP contribution in [0.5, 0.6) is 0 Å². The second-order valence-corrected chi connectivity index (χ2v) is 7.13. The number of aliphatic hydroxyl groups is 1. The van der Waals surface area contributed by atoms with Crippen molar-refractivity contribution < 1.29 is 9.90 Å². The van der Waals surface area contributed by atoms with Gasteiger partial charge in [-0.05, 0) is 50.7 Å². The summed E-state index contributed by atoms with van der Waals surface area (Å²) in [6, 6.07) is 4.47. The van der Waals surface area contributed by atoms with E-state index in [0.29, 0.717) is 6.04 Å². The molecule has 4 rings (SSSR count). The molecule has 3 fully saturated rings. The zero-order valence-electron chi connectivity index (χ0n) is 12.5. The Labute approximate surface area is 125 Å². The Kier molecular flexibility index (Phi) is 3.10. The molecule has 0 unspecified atom stereocenters. The van der Waals surface area contributed by atoms with Crippen molar-refractivity contribution in [2.75, 3.05) is 13.1 Å². The second-order valence-electron chi connectivity index (χ2n) is 7.13. The lowest BCUT2D eigenvalue weighted by molar-refractivity contribution is -0.00570. The molecule has 1 N–H and O–H groups in total. The van der Waals surface area contributed by atoms with Crippen molar-refractivity contribution in [1.29, 1.82) is 0 Å². The van der Waals surface area contributed by atoms with Crippen LogP contribution in [0.15, 0.2) is 18.3 Å². The van der Waals surface area contributed by atoms with E-state index in [1.165, 1.54) is 12.8 Å². The molecule has 1 aromatic heterocycles. The normalized spacial score (nSPS) is 32.8. The molecule has 4 nitrogen and oxygen atoms in total. The minimum absolute atomic E-state index is 0.0229. The summed E-state index contributed by atoms with van der Waals surface area (Å²) in [5.41, 5.74) is 0.812. The molecule has 21 heavy (non-hydrogen) atoms. The van der Waals surface area contributed by atoms with Crippen molar-refractivity contribution >= 4 is 5.91 Å². The highest BCUT2D eigenvalue weighted by molar-refractivity contribution is 5.93. The van der Waals surface area contributed by atoms with E-state index in [-0.39, 0.29) is 17.4 Å². The highest BCUT2D eigenvalue weighted by Gasteiger charge is 2.46. The molecule has 2 aliphatic carbocycles. The van der Waals surface area contributed by atoms with E-state index in [1.807, 2.05) is 23.2 Å². The maximum absolute atomic E-state index is 12.9. The standard InChI is InChI=1S/C17H24N2O2/c20-15-5-1-8-17(15)9-3-10-18(12-17)16(21)14-4-2-11-19(14)13-6-7-13/h2,4,11,13,15,20H,1,3,5-10,12H2/t15-,17+/m1/s1. The fourth-order valence-electron chi connectivity index (χ4n) is 4.34. The molecule has 3 aliphatic rings. The molecule has 4 heteroatoms. The predicted molar refractivity (Wildman–Crippen MR) is 80.1 cm³/mol. The SMILES string of the molecule is O=C(c1cccn1C1CC1)N1CCC[C@@]2(CCC[C@H]2O)C1. The average Bonchev–Trinajstić information content (AvgIpc) is 3.13. The van der Waals surface area contributed by atoms with Crippen molar-refractivity contribution in [3.8, 4) is 0 Å². The van der Waals surface area contributed by atoms with E-state index in [2.05, 4.69) is 4.57 Å². The first kappa shape index (κ1) is 13.4. The molecule has 1 amide bonds. The lowest BCUT2D eigenvalue weighted by Gasteiger charge is -2.42. The average molecular weight is 288 g/mol. The maximum Gasteiger partial charge on any atom is 0.270 e. The van der Waals surface area contributed by atoms with Crippen LogP contribution in [-0.4, -0.2) is 39.7 Å². The lowest BCUT2D eigenvalue weighted by atomic mass is 9.76. The minimum Gasteiger partial charge on any atom is -0.392 e. The first-order valence-corrected chi connectivity index (χ1v) is 8.34. The van der Waals surface area contributed by atoms with Crippen LogP contribution in [0.1, 0.15) is 61.5 Å². The van der Waals surface area contributed by atoms with Crippen molar-refractivity contribution in [3.63, 3.8) is 0 Å². The molecule has 0 radical (unpaired) electrons. The fraction of sp³-hybridized carbons (Fsp3) is 0.706. The number of hydrogen-bond donors (Lipinski definition) is 1. The van der Waals surface area contributed by atoms with Crippen molar-refractivity contribution in [2.24, 2.45) is 5.41 Å². The van der Waals surface area contributed by atoms with Gasteiger partial charge in [0.15, 0.2) is 0 Å². The smallest absolute Gasteiger partial charge is 0.270 e. The van der Waals surface area contributed by atoms with Crippen LogP contribution in [0.4, 0.5) is 0 Å². The van der Waals surface area contributed by atoms with E-state index in [9.17, 15) is 9.90 Å². The third kappa shape index (κ3) is 2.20. The van der Waals surface area contributed by atoms with Crippen LogP contribution < -0.4 is 0 Å². The topological polar surface area (TPSA) is 45.5 Å². The molecule has 1 saturated heterocycles. The zero-order valence-corrected chi connectivity index (χ0v) is 12.5. The summed E-state index contributed by atoms with van der Waals surface area (Å²) in [6.45, 7) is 1.58. The van der Waals surface area contributed by atoms with E-state index in [0.717, 1.165) is 50.9 Å². The highest BCUT2D eigenvalue weighted by atomic mass is 16.3. The third-order valence-corrected chi connectivity index (χ3v) is 5.69.